The molecule has 0 saturated heterocycles. The molecule has 1 aliphatic rings. The summed E-state index contributed by atoms with van der Waals surface area (Å²) in [7, 11) is 1.58. The van der Waals surface area contributed by atoms with Crippen LogP contribution in [0.1, 0.15) is 34.0 Å². The predicted molar refractivity (Wildman–Crippen MR) is 120 cm³/mol. The molecule has 3 aromatic carbocycles. The number of hydrogen-bond donors (Lipinski definition) is 1. The zero-order valence-electron chi connectivity index (χ0n) is 18.4. The highest BCUT2D eigenvalue weighted by Gasteiger charge is 2.46. The minimum absolute atomic E-state index is 0.103. The Kier molecular flexibility index (Phi) is 6.14. The van der Waals surface area contributed by atoms with E-state index in [1.165, 1.54) is 17.0 Å². The maximum absolute atomic E-state index is 13.8. The van der Waals surface area contributed by atoms with Gasteiger partial charge in [-0.1, -0.05) is 30.3 Å². The van der Waals surface area contributed by atoms with Gasteiger partial charge in [-0.25, -0.2) is 8.78 Å². The zero-order valence-corrected chi connectivity index (χ0v) is 18.4. The van der Waals surface area contributed by atoms with Gasteiger partial charge in [0.2, 0.25) is 5.91 Å². The quantitative estimate of drug-likeness (QED) is 0.611. The van der Waals surface area contributed by atoms with E-state index in [0.717, 1.165) is 17.2 Å². The number of ether oxygens (including phenoxy) is 1. The Morgan fingerprint density at radius 3 is 2.36 bits per heavy atom. The van der Waals surface area contributed by atoms with Gasteiger partial charge in [-0.05, 0) is 53.9 Å². The van der Waals surface area contributed by atoms with E-state index in [9.17, 15) is 18.4 Å². The third-order valence-corrected chi connectivity index (χ3v) is 5.99. The Balaban J connectivity index is 1.63. The summed E-state index contributed by atoms with van der Waals surface area (Å²) >= 11 is 0. The number of fused-ring (bicyclic) bond motifs is 1. The highest BCUT2D eigenvalue weighted by Crippen LogP contribution is 2.33. The minimum Gasteiger partial charge on any atom is -0.497 e. The highest BCUT2D eigenvalue weighted by atomic mass is 19.1. The molecule has 1 heterocycles. The van der Waals surface area contributed by atoms with Crippen molar-refractivity contribution in [1.82, 2.24) is 10.2 Å². The minimum atomic E-state index is -1.25. The fourth-order valence-electron chi connectivity index (χ4n) is 4.17. The van der Waals surface area contributed by atoms with Crippen LogP contribution >= 0.6 is 0 Å². The van der Waals surface area contributed by atoms with E-state index in [1.807, 2.05) is 24.3 Å². The Hall–Kier alpha value is -3.74. The van der Waals surface area contributed by atoms with E-state index in [1.54, 1.807) is 38.3 Å². The van der Waals surface area contributed by atoms with Gasteiger partial charge in [0.15, 0.2) is 0 Å². The van der Waals surface area contributed by atoms with Crippen molar-refractivity contribution in [3.8, 4) is 5.75 Å². The number of rotatable bonds is 6. The van der Waals surface area contributed by atoms with Crippen LogP contribution in [0.15, 0.2) is 66.7 Å². The van der Waals surface area contributed by atoms with E-state index >= 15 is 0 Å². The Morgan fingerprint density at radius 1 is 1.03 bits per heavy atom. The van der Waals surface area contributed by atoms with Gasteiger partial charge in [0.1, 0.15) is 22.9 Å². The van der Waals surface area contributed by atoms with E-state index in [2.05, 4.69) is 5.32 Å². The third kappa shape index (κ3) is 4.58. The first-order valence-corrected chi connectivity index (χ1v) is 10.6. The molecule has 1 aliphatic heterocycles. The second-order valence-electron chi connectivity index (χ2n) is 8.31. The fraction of sp³-hybridized carbons (Fsp3) is 0.231. The number of nitrogens with zero attached hydrogens (tertiary/aromatic N) is 1. The Morgan fingerprint density at radius 2 is 1.70 bits per heavy atom. The lowest BCUT2D eigenvalue weighted by atomic mass is 9.82. The number of carbonyl (C=O) groups is 2. The van der Waals surface area contributed by atoms with Gasteiger partial charge >= 0.3 is 0 Å². The van der Waals surface area contributed by atoms with Crippen LogP contribution < -0.4 is 10.1 Å². The molecule has 0 bridgehead atoms. The molecule has 1 unspecified atom stereocenters. The average Bonchev–Trinajstić information content (AvgIpc) is 2.80. The normalized spacial score (nSPS) is 17.5. The molecular weight excluding hydrogens is 426 g/mol. The van der Waals surface area contributed by atoms with Crippen LogP contribution in [0.4, 0.5) is 8.78 Å². The Bertz CT molecular complexity index is 1180. The van der Waals surface area contributed by atoms with Gasteiger partial charge in [0.25, 0.3) is 5.91 Å². The standard InChI is InChI=1S/C26H24F2N2O3/c1-26(25(32)29-15-17-7-9-22(33-2)10-8-17)14-19-5-3-4-6-23(19)24(31)30(26)16-18-11-20(27)13-21(28)12-18/h3-13H,14-16H2,1-2H3,(H,29,32). The number of carbonyl (C=O) groups excluding carboxylic acids is 2. The topological polar surface area (TPSA) is 58.6 Å². The predicted octanol–water partition coefficient (Wildman–Crippen LogP) is 4.25. The summed E-state index contributed by atoms with van der Waals surface area (Å²) in [5, 5.41) is 2.91. The van der Waals surface area contributed by atoms with E-state index in [-0.39, 0.29) is 36.9 Å². The van der Waals surface area contributed by atoms with Crippen molar-refractivity contribution in [3.63, 3.8) is 0 Å². The van der Waals surface area contributed by atoms with Gasteiger partial charge < -0.3 is 15.0 Å². The number of methoxy groups -OCH3 is 1. The molecule has 5 nitrogen and oxygen atoms in total. The second-order valence-corrected chi connectivity index (χ2v) is 8.31. The first-order chi connectivity index (χ1) is 15.8. The largest absolute Gasteiger partial charge is 0.497 e. The van der Waals surface area contributed by atoms with Crippen molar-refractivity contribution in [2.75, 3.05) is 7.11 Å². The van der Waals surface area contributed by atoms with Crippen molar-refractivity contribution in [2.45, 2.75) is 32.0 Å². The molecule has 4 rings (SSSR count). The van der Waals surface area contributed by atoms with Gasteiger partial charge in [-0.3, -0.25) is 9.59 Å². The van der Waals surface area contributed by atoms with Crippen LogP contribution in [0, 0.1) is 11.6 Å². The molecule has 1 atom stereocenters. The zero-order chi connectivity index (χ0) is 23.6. The van der Waals surface area contributed by atoms with Crippen molar-refractivity contribution in [1.29, 1.82) is 0 Å². The van der Waals surface area contributed by atoms with Gasteiger partial charge in [-0.15, -0.1) is 0 Å². The molecule has 0 aliphatic carbocycles. The van der Waals surface area contributed by atoms with Crippen LogP contribution in [-0.4, -0.2) is 29.4 Å². The van der Waals surface area contributed by atoms with Crippen LogP contribution in [0.2, 0.25) is 0 Å². The molecule has 3 aromatic rings. The van der Waals surface area contributed by atoms with Gasteiger partial charge in [-0.2, -0.15) is 0 Å². The number of halogens is 2. The number of amides is 2. The van der Waals surface area contributed by atoms with Gasteiger partial charge in [0, 0.05) is 31.1 Å². The summed E-state index contributed by atoms with van der Waals surface area (Å²) in [6.07, 6.45) is 0.279. The monoisotopic (exact) mass is 450 g/mol. The van der Waals surface area contributed by atoms with Crippen LogP contribution in [-0.2, 0) is 24.3 Å². The van der Waals surface area contributed by atoms with Crippen LogP contribution in [0.3, 0.4) is 0 Å². The molecule has 0 aromatic heterocycles. The number of nitrogens with one attached hydrogen (secondary N) is 1. The molecule has 170 valence electrons. The van der Waals surface area contributed by atoms with E-state index < -0.39 is 17.2 Å². The summed E-state index contributed by atoms with van der Waals surface area (Å²) in [6, 6.07) is 17.5. The fourth-order valence-corrected chi connectivity index (χ4v) is 4.17. The maximum atomic E-state index is 13.8. The molecule has 0 radical (unpaired) electrons. The second kappa shape index (κ2) is 9.02. The van der Waals surface area contributed by atoms with Crippen molar-refractivity contribution in [2.24, 2.45) is 0 Å². The lowest BCUT2D eigenvalue weighted by molar-refractivity contribution is -0.132. The summed E-state index contributed by atoms with van der Waals surface area (Å²) in [4.78, 5) is 28.2. The van der Waals surface area contributed by atoms with E-state index in [0.29, 0.717) is 11.3 Å². The number of benzene rings is 3. The van der Waals surface area contributed by atoms with Crippen LogP contribution in [0.25, 0.3) is 0 Å². The number of hydrogen-bond acceptors (Lipinski definition) is 3. The van der Waals surface area contributed by atoms with Crippen molar-refractivity contribution >= 4 is 11.8 Å². The van der Waals surface area contributed by atoms with Crippen LogP contribution in [0.5, 0.6) is 5.75 Å². The highest BCUT2D eigenvalue weighted by molar-refractivity contribution is 6.02. The lowest BCUT2D eigenvalue weighted by Gasteiger charge is -2.44. The van der Waals surface area contributed by atoms with Crippen molar-refractivity contribution < 1.29 is 23.1 Å². The molecule has 33 heavy (non-hydrogen) atoms. The maximum Gasteiger partial charge on any atom is 0.255 e. The molecular formula is C26H24F2N2O3. The molecule has 2 amide bonds. The molecule has 0 spiro atoms. The molecule has 0 saturated carbocycles. The average molecular weight is 450 g/mol. The van der Waals surface area contributed by atoms with Gasteiger partial charge in [0.05, 0.1) is 7.11 Å². The summed E-state index contributed by atoms with van der Waals surface area (Å²) in [5.41, 5.74) is 1.13. The lowest BCUT2D eigenvalue weighted by Crippen LogP contribution is -2.62. The summed E-state index contributed by atoms with van der Waals surface area (Å²) < 4.78 is 32.8. The third-order valence-electron chi connectivity index (χ3n) is 5.99. The first kappa shape index (κ1) is 22.5. The van der Waals surface area contributed by atoms with Crippen molar-refractivity contribution in [3.05, 3.63) is 101 Å². The summed E-state index contributed by atoms with van der Waals surface area (Å²) in [6.45, 7) is 1.84. The molecule has 1 N–H and O–H groups in total. The first-order valence-electron chi connectivity index (χ1n) is 10.6. The SMILES string of the molecule is COc1ccc(CNC(=O)C2(C)Cc3ccccc3C(=O)N2Cc2cc(F)cc(F)c2)cc1. The molecule has 7 heteroatoms. The molecule has 0 fully saturated rings. The Labute approximate surface area is 191 Å². The summed E-state index contributed by atoms with van der Waals surface area (Å²) in [5.74, 6) is -1.47. The smallest absolute Gasteiger partial charge is 0.255 e. The van der Waals surface area contributed by atoms with E-state index in [4.69, 9.17) is 4.74 Å².